The van der Waals surface area contributed by atoms with Crippen molar-refractivity contribution >= 4 is 30.0 Å². The van der Waals surface area contributed by atoms with Gasteiger partial charge in [-0.15, -0.1) is 12.4 Å². The Balaban J connectivity index is 0.00000289. The van der Waals surface area contributed by atoms with Crippen LogP contribution in [0.25, 0.3) is 0 Å². The maximum absolute atomic E-state index is 10.4. The molecule has 1 aromatic rings. The zero-order valence-corrected chi connectivity index (χ0v) is 12.0. The van der Waals surface area contributed by atoms with Crippen LogP contribution in [0.15, 0.2) is 24.3 Å². The van der Waals surface area contributed by atoms with Crippen LogP contribution < -0.4 is 0 Å². The summed E-state index contributed by atoms with van der Waals surface area (Å²) in [5.41, 5.74) is 1.26. The number of carbonyl (C=O) groups is 1. The monoisotopic (exact) mass is 291 g/mol. The normalized spacial score (nSPS) is 10.2. The summed E-state index contributed by atoms with van der Waals surface area (Å²) in [5.74, 6) is -0.741. The molecule has 0 saturated heterocycles. The summed E-state index contributed by atoms with van der Waals surface area (Å²) in [6.07, 6.45) is 2.23. The Kier molecular flexibility index (Phi) is 8.81. The van der Waals surface area contributed by atoms with Crippen LogP contribution in [0, 0.1) is 0 Å². The van der Waals surface area contributed by atoms with E-state index in [1.54, 1.807) is 0 Å². The molecule has 1 aromatic carbocycles. The second-order valence-electron chi connectivity index (χ2n) is 4.18. The zero-order chi connectivity index (χ0) is 12.7. The minimum absolute atomic E-state index is 0. The molecule has 0 saturated carbocycles. The number of nitrogens with zero attached hydrogens (tertiary/aromatic N) is 1. The predicted molar refractivity (Wildman–Crippen MR) is 76.8 cm³/mol. The van der Waals surface area contributed by atoms with Crippen LogP contribution in [0.5, 0.6) is 0 Å². The fourth-order valence-electron chi connectivity index (χ4n) is 1.60. The number of hydrogen-bond donors (Lipinski definition) is 1. The van der Waals surface area contributed by atoms with Gasteiger partial charge in [0, 0.05) is 11.6 Å². The van der Waals surface area contributed by atoms with Crippen molar-refractivity contribution in [2.24, 2.45) is 0 Å². The van der Waals surface area contributed by atoms with E-state index in [1.165, 1.54) is 5.56 Å². The highest BCUT2D eigenvalue weighted by molar-refractivity contribution is 6.30. The molecule has 0 amide bonds. The Labute approximate surface area is 119 Å². The van der Waals surface area contributed by atoms with E-state index in [0.29, 0.717) is 6.54 Å². The van der Waals surface area contributed by atoms with Crippen molar-refractivity contribution < 1.29 is 9.90 Å². The first-order valence-electron chi connectivity index (χ1n) is 5.72. The van der Waals surface area contributed by atoms with Crippen LogP contribution in [0.3, 0.4) is 0 Å². The van der Waals surface area contributed by atoms with Gasteiger partial charge >= 0.3 is 5.97 Å². The third kappa shape index (κ3) is 7.54. The molecule has 0 aromatic heterocycles. The SMILES string of the molecule is CN(CCCc1ccc(Cl)cc1)CCC(=O)O.Cl. The molecular formula is C13H19Cl2NO2. The number of benzene rings is 1. The number of rotatable bonds is 7. The van der Waals surface area contributed by atoms with E-state index in [1.807, 2.05) is 36.2 Å². The van der Waals surface area contributed by atoms with Gasteiger partial charge in [0.2, 0.25) is 0 Å². The third-order valence-electron chi connectivity index (χ3n) is 2.63. The van der Waals surface area contributed by atoms with E-state index >= 15 is 0 Å². The van der Waals surface area contributed by atoms with E-state index in [4.69, 9.17) is 16.7 Å². The number of carboxylic acids is 1. The molecule has 0 aliphatic heterocycles. The van der Waals surface area contributed by atoms with Crippen molar-refractivity contribution in [3.8, 4) is 0 Å². The highest BCUT2D eigenvalue weighted by Crippen LogP contribution is 2.11. The molecule has 0 spiro atoms. The lowest BCUT2D eigenvalue weighted by Crippen LogP contribution is -2.23. The van der Waals surface area contributed by atoms with Crippen molar-refractivity contribution in [3.05, 3.63) is 34.9 Å². The maximum Gasteiger partial charge on any atom is 0.304 e. The lowest BCUT2D eigenvalue weighted by atomic mass is 10.1. The summed E-state index contributed by atoms with van der Waals surface area (Å²) in [5, 5.41) is 9.31. The smallest absolute Gasteiger partial charge is 0.304 e. The van der Waals surface area contributed by atoms with E-state index in [0.717, 1.165) is 24.4 Å². The van der Waals surface area contributed by atoms with Crippen molar-refractivity contribution in [1.29, 1.82) is 0 Å². The Morgan fingerprint density at radius 1 is 1.28 bits per heavy atom. The van der Waals surface area contributed by atoms with Crippen molar-refractivity contribution in [3.63, 3.8) is 0 Å². The van der Waals surface area contributed by atoms with Crippen LogP contribution in [0.2, 0.25) is 5.02 Å². The van der Waals surface area contributed by atoms with E-state index in [-0.39, 0.29) is 18.8 Å². The minimum Gasteiger partial charge on any atom is -0.481 e. The van der Waals surface area contributed by atoms with Gasteiger partial charge in [0.15, 0.2) is 0 Å². The van der Waals surface area contributed by atoms with E-state index in [9.17, 15) is 4.79 Å². The molecule has 0 unspecified atom stereocenters. The average molecular weight is 292 g/mol. The summed E-state index contributed by atoms with van der Waals surface area (Å²) in [6, 6.07) is 7.84. The van der Waals surface area contributed by atoms with Crippen LogP contribution >= 0.6 is 24.0 Å². The van der Waals surface area contributed by atoms with E-state index < -0.39 is 5.97 Å². The maximum atomic E-state index is 10.4. The topological polar surface area (TPSA) is 40.5 Å². The van der Waals surface area contributed by atoms with Crippen molar-refractivity contribution in [1.82, 2.24) is 4.90 Å². The summed E-state index contributed by atoms with van der Waals surface area (Å²) >= 11 is 5.80. The lowest BCUT2D eigenvalue weighted by Gasteiger charge is -2.14. The Hall–Kier alpha value is -0.770. The first-order valence-corrected chi connectivity index (χ1v) is 6.10. The van der Waals surface area contributed by atoms with Crippen molar-refractivity contribution in [2.75, 3.05) is 20.1 Å². The number of aryl methyl sites for hydroxylation is 1. The fraction of sp³-hybridized carbons (Fsp3) is 0.462. The van der Waals surface area contributed by atoms with Crippen LogP contribution in [0.4, 0.5) is 0 Å². The largest absolute Gasteiger partial charge is 0.481 e. The summed E-state index contributed by atoms with van der Waals surface area (Å²) in [6.45, 7) is 1.52. The van der Waals surface area contributed by atoms with E-state index in [2.05, 4.69) is 0 Å². The summed E-state index contributed by atoms with van der Waals surface area (Å²) in [4.78, 5) is 12.4. The van der Waals surface area contributed by atoms with Crippen LogP contribution in [-0.2, 0) is 11.2 Å². The third-order valence-corrected chi connectivity index (χ3v) is 2.88. The molecule has 1 rings (SSSR count). The van der Waals surface area contributed by atoms with Gasteiger partial charge in [-0.2, -0.15) is 0 Å². The molecule has 1 N–H and O–H groups in total. The van der Waals surface area contributed by atoms with Gasteiger partial charge in [0.05, 0.1) is 6.42 Å². The molecule has 3 nitrogen and oxygen atoms in total. The average Bonchev–Trinajstić information content (AvgIpc) is 2.29. The van der Waals surface area contributed by atoms with Crippen LogP contribution in [0.1, 0.15) is 18.4 Å². The molecule has 0 aliphatic carbocycles. The summed E-state index contributed by atoms with van der Waals surface area (Å²) in [7, 11) is 1.95. The van der Waals surface area contributed by atoms with Crippen molar-refractivity contribution in [2.45, 2.75) is 19.3 Å². The molecule has 18 heavy (non-hydrogen) atoms. The molecule has 0 bridgehead atoms. The highest BCUT2D eigenvalue weighted by Gasteiger charge is 2.02. The quantitative estimate of drug-likeness (QED) is 0.839. The minimum atomic E-state index is -0.741. The number of carboxylic acid groups (broad SMARTS) is 1. The van der Waals surface area contributed by atoms with Crippen LogP contribution in [-0.4, -0.2) is 36.1 Å². The van der Waals surface area contributed by atoms with Gasteiger partial charge in [-0.05, 0) is 44.1 Å². The standard InChI is InChI=1S/C13H18ClNO2.ClH/c1-15(10-8-13(16)17)9-2-3-11-4-6-12(14)7-5-11;/h4-7H,2-3,8-10H2,1H3,(H,16,17);1H. The molecule has 5 heteroatoms. The van der Waals surface area contributed by atoms with Gasteiger partial charge in [0.1, 0.15) is 0 Å². The Morgan fingerprint density at radius 3 is 2.44 bits per heavy atom. The second-order valence-corrected chi connectivity index (χ2v) is 4.61. The zero-order valence-electron chi connectivity index (χ0n) is 10.4. The second kappa shape index (κ2) is 9.20. The molecule has 0 radical (unpaired) electrons. The summed E-state index contributed by atoms with van der Waals surface area (Å²) < 4.78 is 0. The first-order chi connectivity index (χ1) is 8.08. The van der Waals surface area contributed by atoms with Gasteiger partial charge in [-0.3, -0.25) is 4.79 Å². The van der Waals surface area contributed by atoms with Gasteiger partial charge < -0.3 is 10.0 Å². The van der Waals surface area contributed by atoms with Gasteiger partial charge in [0.25, 0.3) is 0 Å². The van der Waals surface area contributed by atoms with Gasteiger partial charge in [-0.25, -0.2) is 0 Å². The highest BCUT2D eigenvalue weighted by atomic mass is 35.5. The van der Waals surface area contributed by atoms with Gasteiger partial charge in [-0.1, -0.05) is 23.7 Å². The lowest BCUT2D eigenvalue weighted by molar-refractivity contribution is -0.137. The molecule has 0 aliphatic rings. The predicted octanol–water partition coefficient (Wildman–Crippen LogP) is 3.10. The fourth-order valence-corrected chi connectivity index (χ4v) is 1.73. The first kappa shape index (κ1) is 17.2. The molecule has 0 fully saturated rings. The number of halogens is 2. The molecule has 0 heterocycles. The molecule has 0 atom stereocenters. The number of aliphatic carboxylic acids is 1. The number of hydrogen-bond acceptors (Lipinski definition) is 2. The Bertz CT molecular complexity index is 355. The molecular weight excluding hydrogens is 273 g/mol. The Morgan fingerprint density at radius 2 is 1.89 bits per heavy atom. The molecule has 102 valence electrons.